The van der Waals surface area contributed by atoms with Crippen LogP contribution in [0.5, 0.6) is 17.2 Å². The van der Waals surface area contributed by atoms with Crippen molar-refractivity contribution in [3.8, 4) is 17.2 Å². The molecule has 9 heteroatoms. The number of ether oxygens (including phenoxy) is 3. The zero-order valence-electron chi connectivity index (χ0n) is 16.0. The summed E-state index contributed by atoms with van der Waals surface area (Å²) >= 11 is 0. The number of amides is 1. The van der Waals surface area contributed by atoms with Crippen LogP contribution in [0.1, 0.15) is 21.4 Å². The van der Waals surface area contributed by atoms with Crippen molar-refractivity contribution in [2.75, 3.05) is 20.4 Å². The monoisotopic (exact) mass is 429 g/mol. The lowest BCUT2D eigenvalue weighted by Crippen LogP contribution is -2.31. The summed E-state index contributed by atoms with van der Waals surface area (Å²) in [5, 5.41) is 1.58. The Hall–Kier alpha value is -3.46. The highest BCUT2D eigenvalue weighted by Gasteiger charge is 2.32. The number of furan rings is 1. The number of methoxy groups -OCH3 is 1. The third kappa shape index (κ3) is 3.84. The first kappa shape index (κ1) is 19.8. The van der Waals surface area contributed by atoms with Gasteiger partial charge in [-0.15, -0.1) is 0 Å². The Morgan fingerprint density at radius 3 is 2.57 bits per heavy atom. The van der Waals surface area contributed by atoms with Crippen molar-refractivity contribution < 1.29 is 31.8 Å². The second kappa shape index (κ2) is 8.11. The first-order chi connectivity index (χ1) is 14.5. The van der Waals surface area contributed by atoms with Gasteiger partial charge in [-0.25, -0.2) is 8.42 Å². The Balaban J connectivity index is 1.56. The average Bonchev–Trinajstić information content (AvgIpc) is 3.45. The number of hydrogen-bond acceptors (Lipinski definition) is 7. The molecular weight excluding hydrogens is 410 g/mol. The fourth-order valence-electron chi connectivity index (χ4n) is 3.09. The molecule has 1 amide bonds. The number of hydrogen-bond donors (Lipinski definition) is 1. The third-order valence-corrected chi connectivity index (χ3v) is 6.78. The summed E-state index contributed by atoms with van der Waals surface area (Å²) in [5.74, 6) is 1.37. The molecule has 1 atom stereocenters. The lowest BCUT2D eigenvalue weighted by Gasteiger charge is -2.17. The van der Waals surface area contributed by atoms with E-state index < -0.39 is 21.0 Å². The summed E-state index contributed by atoms with van der Waals surface area (Å²) in [7, 11) is -2.34. The van der Waals surface area contributed by atoms with E-state index in [1.165, 1.54) is 25.5 Å². The van der Waals surface area contributed by atoms with Crippen molar-refractivity contribution >= 4 is 15.7 Å². The Bertz CT molecular complexity index is 1140. The van der Waals surface area contributed by atoms with E-state index in [-0.39, 0.29) is 24.0 Å². The second-order valence-corrected chi connectivity index (χ2v) is 8.63. The molecule has 1 aliphatic rings. The van der Waals surface area contributed by atoms with Gasteiger partial charge in [0.2, 0.25) is 6.79 Å². The summed E-state index contributed by atoms with van der Waals surface area (Å²) < 4.78 is 47.4. The fourth-order valence-corrected chi connectivity index (χ4v) is 4.68. The minimum atomic E-state index is -3.85. The van der Waals surface area contributed by atoms with Crippen molar-refractivity contribution in [2.24, 2.45) is 0 Å². The molecule has 0 radical (unpaired) electrons. The van der Waals surface area contributed by atoms with Crippen LogP contribution in [0.25, 0.3) is 0 Å². The molecule has 2 heterocycles. The zero-order chi connectivity index (χ0) is 21.1. The molecule has 4 rings (SSSR count). The van der Waals surface area contributed by atoms with Crippen molar-refractivity contribution in [2.45, 2.75) is 10.1 Å². The molecule has 0 saturated carbocycles. The lowest BCUT2D eigenvalue weighted by atomic mass is 10.2. The van der Waals surface area contributed by atoms with E-state index in [0.717, 1.165) is 0 Å². The van der Waals surface area contributed by atoms with Crippen LogP contribution < -0.4 is 19.5 Å². The summed E-state index contributed by atoms with van der Waals surface area (Å²) in [5.41, 5.74) is 0.333. The standard InChI is InChI=1S/C21H19NO7S/c1-26-15-5-7-16(8-6-15)30(24,25)20(18-3-2-10-27-18)12-22-21(23)14-4-9-17-19(11-14)29-13-28-17/h2-11,20H,12-13H2,1H3,(H,22,23)/t20-/m0/s1. The van der Waals surface area contributed by atoms with E-state index in [2.05, 4.69) is 5.32 Å². The molecule has 1 aromatic heterocycles. The summed E-state index contributed by atoms with van der Waals surface area (Å²) in [6.45, 7) is -0.0732. The van der Waals surface area contributed by atoms with Gasteiger partial charge in [0.05, 0.1) is 18.3 Å². The maximum Gasteiger partial charge on any atom is 0.251 e. The van der Waals surface area contributed by atoms with Crippen LogP contribution in [0.4, 0.5) is 0 Å². The predicted octanol–water partition coefficient (Wildman–Crippen LogP) is 2.96. The van der Waals surface area contributed by atoms with Gasteiger partial charge in [-0.3, -0.25) is 4.79 Å². The molecule has 0 bridgehead atoms. The van der Waals surface area contributed by atoms with Crippen LogP contribution >= 0.6 is 0 Å². The number of nitrogens with one attached hydrogen (secondary N) is 1. The first-order valence-corrected chi connectivity index (χ1v) is 10.6. The molecule has 2 aromatic carbocycles. The normalized spacial score (nSPS) is 13.6. The maximum atomic E-state index is 13.2. The van der Waals surface area contributed by atoms with Crippen LogP contribution in [-0.2, 0) is 9.84 Å². The van der Waals surface area contributed by atoms with Gasteiger partial charge in [0, 0.05) is 12.1 Å². The largest absolute Gasteiger partial charge is 0.497 e. The summed E-state index contributed by atoms with van der Waals surface area (Å²) in [6.07, 6.45) is 1.39. The number of sulfone groups is 1. The lowest BCUT2D eigenvalue weighted by molar-refractivity contribution is 0.0952. The van der Waals surface area contributed by atoms with E-state index in [0.29, 0.717) is 22.8 Å². The highest BCUT2D eigenvalue weighted by atomic mass is 32.2. The SMILES string of the molecule is COc1ccc(S(=O)(=O)[C@@H](CNC(=O)c2ccc3c(c2)OCO3)c2ccco2)cc1. The van der Waals surface area contributed by atoms with Crippen LogP contribution in [-0.4, -0.2) is 34.8 Å². The van der Waals surface area contributed by atoms with E-state index >= 15 is 0 Å². The topological polar surface area (TPSA) is 104 Å². The highest BCUT2D eigenvalue weighted by Crippen LogP contribution is 2.33. The van der Waals surface area contributed by atoms with Gasteiger partial charge in [-0.1, -0.05) is 0 Å². The minimum absolute atomic E-state index is 0.0983. The van der Waals surface area contributed by atoms with Crippen molar-refractivity contribution in [1.29, 1.82) is 0 Å². The molecule has 156 valence electrons. The summed E-state index contributed by atoms with van der Waals surface area (Å²) in [6, 6.07) is 14.0. The minimum Gasteiger partial charge on any atom is -0.497 e. The first-order valence-electron chi connectivity index (χ1n) is 9.08. The van der Waals surface area contributed by atoms with E-state index in [9.17, 15) is 13.2 Å². The molecule has 0 saturated heterocycles. The number of fused-ring (bicyclic) bond motifs is 1. The van der Waals surface area contributed by atoms with Crippen molar-refractivity contribution in [3.63, 3.8) is 0 Å². The van der Waals surface area contributed by atoms with Crippen molar-refractivity contribution in [3.05, 3.63) is 72.2 Å². The molecule has 0 aliphatic carbocycles. The number of carbonyl (C=O) groups is 1. The van der Waals surface area contributed by atoms with Crippen LogP contribution in [0.2, 0.25) is 0 Å². The van der Waals surface area contributed by atoms with E-state index in [1.54, 1.807) is 42.5 Å². The molecular formula is C21H19NO7S. The van der Waals surface area contributed by atoms with Gasteiger partial charge in [0.1, 0.15) is 16.8 Å². The zero-order valence-corrected chi connectivity index (χ0v) is 16.8. The predicted molar refractivity (Wildman–Crippen MR) is 107 cm³/mol. The Morgan fingerprint density at radius 1 is 1.10 bits per heavy atom. The number of benzene rings is 2. The molecule has 0 unspecified atom stereocenters. The molecule has 8 nitrogen and oxygen atoms in total. The maximum absolute atomic E-state index is 13.2. The number of carbonyl (C=O) groups excluding carboxylic acids is 1. The van der Waals surface area contributed by atoms with Crippen LogP contribution in [0, 0.1) is 0 Å². The van der Waals surface area contributed by atoms with E-state index in [1.807, 2.05) is 0 Å². The van der Waals surface area contributed by atoms with E-state index in [4.69, 9.17) is 18.6 Å². The van der Waals surface area contributed by atoms with Gasteiger partial charge in [0.15, 0.2) is 21.3 Å². The molecule has 0 spiro atoms. The highest BCUT2D eigenvalue weighted by molar-refractivity contribution is 7.91. The Labute approximate surface area is 173 Å². The quantitative estimate of drug-likeness (QED) is 0.616. The van der Waals surface area contributed by atoms with Crippen LogP contribution in [0.15, 0.2) is 70.2 Å². The average molecular weight is 429 g/mol. The van der Waals surface area contributed by atoms with Gasteiger partial charge in [-0.2, -0.15) is 0 Å². The van der Waals surface area contributed by atoms with Gasteiger partial charge < -0.3 is 23.9 Å². The Kier molecular flexibility index (Phi) is 5.37. The Morgan fingerprint density at radius 2 is 1.87 bits per heavy atom. The van der Waals surface area contributed by atoms with Crippen LogP contribution in [0.3, 0.4) is 0 Å². The second-order valence-electron chi connectivity index (χ2n) is 6.50. The van der Waals surface area contributed by atoms with Gasteiger partial charge in [-0.05, 0) is 54.6 Å². The number of rotatable bonds is 7. The van der Waals surface area contributed by atoms with Gasteiger partial charge >= 0.3 is 0 Å². The smallest absolute Gasteiger partial charge is 0.251 e. The molecule has 3 aromatic rings. The van der Waals surface area contributed by atoms with Gasteiger partial charge in [0.25, 0.3) is 5.91 Å². The third-order valence-electron chi connectivity index (χ3n) is 4.71. The summed E-state index contributed by atoms with van der Waals surface area (Å²) in [4.78, 5) is 12.7. The molecule has 1 N–H and O–H groups in total. The molecule has 30 heavy (non-hydrogen) atoms. The molecule has 0 fully saturated rings. The fraction of sp³-hybridized carbons (Fsp3) is 0.190. The van der Waals surface area contributed by atoms with Crippen molar-refractivity contribution in [1.82, 2.24) is 5.32 Å². The molecule has 1 aliphatic heterocycles.